The zero-order valence-electron chi connectivity index (χ0n) is 12.6. The lowest BCUT2D eigenvalue weighted by atomic mass is 10.4. The second-order valence-corrected chi connectivity index (χ2v) is 15.8. The molecule has 0 fully saturated rings. The van der Waals surface area contributed by atoms with Crippen molar-refractivity contribution >= 4 is 30.9 Å². The molecule has 0 aliphatic heterocycles. The molecule has 0 saturated heterocycles. The van der Waals surface area contributed by atoms with E-state index in [1.165, 1.54) is 0 Å². The van der Waals surface area contributed by atoms with Gasteiger partial charge in [0.25, 0.3) is 0 Å². The summed E-state index contributed by atoms with van der Waals surface area (Å²) in [5.74, 6) is 0. The monoisotopic (exact) mass is 316 g/mol. The number of benzene rings is 1. The largest absolute Gasteiger partial charge is 0.416 e. The van der Waals surface area contributed by atoms with Gasteiger partial charge in [-0.05, 0) is 37.9 Å². The SMILES string of the molecule is CO[Si](C)(O[Si](C)(C)O[Si](C)(C)O)c1ccccc1. The van der Waals surface area contributed by atoms with Crippen LogP contribution in [0.5, 0.6) is 0 Å². The summed E-state index contributed by atoms with van der Waals surface area (Å²) in [6.45, 7) is 9.40. The molecule has 0 aliphatic rings. The van der Waals surface area contributed by atoms with E-state index in [1.54, 1.807) is 20.2 Å². The quantitative estimate of drug-likeness (QED) is 0.816. The Morgan fingerprint density at radius 2 is 1.42 bits per heavy atom. The normalized spacial score (nSPS) is 16.2. The van der Waals surface area contributed by atoms with E-state index < -0.39 is 25.7 Å². The van der Waals surface area contributed by atoms with Crippen molar-refractivity contribution in [2.24, 2.45) is 0 Å². The summed E-state index contributed by atoms with van der Waals surface area (Å²) in [4.78, 5) is 9.94. The molecule has 0 saturated carbocycles. The van der Waals surface area contributed by atoms with Gasteiger partial charge in [-0.15, -0.1) is 0 Å². The summed E-state index contributed by atoms with van der Waals surface area (Å²) in [5, 5.41) is 1.07. The molecule has 4 nitrogen and oxygen atoms in total. The smallest absolute Gasteiger partial charge is 0.360 e. The summed E-state index contributed by atoms with van der Waals surface area (Å²) in [6.07, 6.45) is 0. The first-order valence-electron chi connectivity index (χ1n) is 6.31. The third-order valence-corrected chi connectivity index (χ3v) is 12.3. The standard InChI is InChI=1S/C12H24O4Si3/c1-14-19(6,12-10-8-7-9-11-12)16-18(4,5)15-17(2,3)13/h7-11,13H,1-6H3. The Kier molecular flexibility index (Phi) is 5.29. The molecule has 1 atom stereocenters. The van der Waals surface area contributed by atoms with Crippen molar-refractivity contribution in [2.45, 2.75) is 32.7 Å². The molecule has 0 amide bonds. The molecule has 0 bridgehead atoms. The van der Waals surface area contributed by atoms with E-state index in [9.17, 15) is 4.80 Å². The third-order valence-electron chi connectivity index (χ3n) is 2.62. The Bertz CT molecular complexity index is 405. The molecular weight excluding hydrogens is 292 g/mol. The lowest BCUT2D eigenvalue weighted by Gasteiger charge is -2.36. The van der Waals surface area contributed by atoms with Crippen LogP contribution in [0.3, 0.4) is 0 Å². The van der Waals surface area contributed by atoms with Crippen LogP contribution in [0.1, 0.15) is 0 Å². The predicted octanol–water partition coefficient (Wildman–Crippen LogP) is 2.04. The minimum atomic E-state index is -2.60. The minimum absolute atomic E-state index is 1.07. The Labute approximate surface area is 119 Å². The fourth-order valence-electron chi connectivity index (χ4n) is 2.05. The van der Waals surface area contributed by atoms with Gasteiger partial charge < -0.3 is 17.5 Å². The van der Waals surface area contributed by atoms with E-state index in [0.29, 0.717) is 0 Å². The van der Waals surface area contributed by atoms with Crippen molar-refractivity contribution in [2.75, 3.05) is 7.11 Å². The summed E-state index contributed by atoms with van der Waals surface area (Å²) in [7, 11) is -5.85. The van der Waals surface area contributed by atoms with Gasteiger partial charge in [-0.1, -0.05) is 30.3 Å². The van der Waals surface area contributed by atoms with Crippen molar-refractivity contribution in [3.8, 4) is 0 Å². The molecule has 19 heavy (non-hydrogen) atoms. The molecule has 1 aromatic carbocycles. The Hall–Kier alpha value is -0.289. The molecule has 0 aromatic heterocycles. The first kappa shape index (κ1) is 16.8. The predicted molar refractivity (Wildman–Crippen MR) is 84.1 cm³/mol. The van der Waals surface area contributed by atoms with Crippen LogP contribution >= 0.6 is 0 Å². The van der Waals surface area contributed by atoms with Gasteiger partial charge in [-0.3, -0.25) is 0 Å². The van der Waals surface area contributed by atoms with Crippen LogP contribution in [-0.2, 0) is 12.7 Å². The van der Waals surface area contributed by atoms with E-state index >= 15 is 0 Å². The maximum absolute atomic E-state index is 9.94. The average molecular weight is 317 g/mol. The van der Waals surface area contributed by atoms with Gasteiger partial charge in [0.05, 0.1) is 0 Å². The van der Waals surface area contributed by atoms with Gasteiger partial charge in [0, 0.05) is 7.11 Å². The minimum Gasteiger partial charge on any atom is -0.416 e. The molecule has 0 aliphatic carbocycles. The fraction of sp³-hybridized carbons (Fsp3) is 0.500. The van der Waals surface area contributed by atoms with Crippen LogP contribution in [0.15, 0.2) is 30.3 Å². The summed E-state index contributed by atoms with van der Waals surface area (Å²) < 4.78 is 17.7. The number of hydrogen-bond donors (Lipinski definition) is 1. The lowest BCUT2D eigenvalue weighted by Crippen LogP contribution is -2.59. The van der Waals surface area contributed by atoms with Crippen LogP contribution < -0.4 is 5.19 Å². The second kappa shape index (κ2) is 6.00. The van der Waals surface area contributed by atoms with E-state index in [2.05, 4.69) is 0 Å². The van der Waals surface area contributed by atoms with E-state index in [4.69, 9.17) is 12.7 Å². The zero-order valence-corrected chi connectivity index (χ0v) is 15.6. The molecule has 0 heterocycles. The van der Waals surface area contributed by atoms with E-state index in [1.807, 2.05) is 50.0 Å². The summed E-state index contributed by atoms with van der Waals surface area (Å²) in [5.41, 5.74) is 0. The Morgan fingerprint density at radius 1 is 0.895 bits per heavy atom. The van der Waals surface area contributed by atoms with Gasteiger partial charge in [0.2, 0.25) is 0 Å². The maximum atomic E-state index is 9.94. The molecular formula is C12H24O4Si3. The number of rotatable bonds is 6. The Balaban J connectivity index is 2.93. The van der Waals surface area contributed by atoms with Crippen LogP contribution in [-0.4, -0.2) is 37.6 Å². The average Bonchev–Trinajstić information content (AvgIpc) is 2.26. The molecule has 108 valence electrons. The Morgan fingerprint density at radius 3 is 1.84 bits per heavy atom. The van der Waals surface area contributed by atoms with Crippen LogP contribution in [0.2, 0.25) is 32.7 Å². The summed E-state index contributed by atoms with van der Waals surface area (Å²) >= 11 is 0. The van der Waals surface area contributed by atoms with Crippen LogP contribution in [0.4, 0.5) is 0 Å². The highest BCUT2D eigenvalue weighted by Gasteiger charge is 2.43. The first-order chi connectivity index (χ1) is 8.58. The first-order valence-corrected chi connectivity index (χ1v) is 14.3. The van der Waals surface area contributed by atoms with Crippen molar-refractivity contribution in [3.63, 3.8) is 0 Å². The van der Waals surface area contributed by atoms with Gasteiger partial charge >= 0.3 is 25.7 Å². The summed E-state index contributed by atoms with van der Waals surface area (Å²) in [6, 6.07) is 9.95. The molecule has 1 N–H and O–H groups in total. The second-order valence-electron chi connectivity index (χ2n) is 5.57. The molecule has 1 rings (SSSR count). The van der Waals surface area contributed by atoms with Crippen molar-refractivity contribution in [1.29, 1.82) is 0 Å². The highest BCUT2D eigenvalue weighted by Crippen LogP contribution is 2.19. The highest BCUT2D eigenvalue weighted by molar-refractivity contribution is 6.89. The molecule has 1 aromatic rings. The van der Waals surface area contributed by atoms with Gasteiger partial charge in [-0.25, -0.2) is 0 Å². The third kappa shape index (κ3) is 5.30. The van der Waals surface area contributed by atoms with Gasteiger partial charge in [-0.2, -0.15) is 0 Å². The fourth-order valence-corrected chi connectivity index (χ4v) is 13.0. The molecule has 0 spiro atoms. The van der Waals surface area contributed by atoms with Crippen molar-refractivity contribution in [3.05, 3.63) is 30.3 Å². The van der Waals surface area contributed by atoms with Crippen LogP contribution in [0, 0.1) is 0 Å². The van der Waals surface area contributed by atoms with Crippen molar-refractivity contribution < 1.29 is 17.5 Å². The maximum Gasteiger partial charge on any atom is 0.360 e. The van der Waals surface area contributed by atoms with Gasteiger partial charge in [0.1, 0.15) is 0 Å². The van der Waals surface area contributed by atoms with Crippen LogP contribution in [0.25, 0.3) is 0 Å². The molecule has 7 heteroatoms. The lowest BCUT2D eigenvalue weighted by molar-refractivity contribution is 0.269. The molecule has 1 unspecified atom stereocenters. The van der Waals surface area contributed by atoms with Crippen molar-refractivity contribution in [1.82, 2.24) is 0 Å². The highest BCUT2D eigenvalue weighted by atomic mass is 28.5. The van der Waals surface area contributed by atoms with E-state index in [0.717, 1.165) is 5.19 Å². The number of hydrogen-bond acceptors (Lipinski definition) is 4. The zero-order chi connectivity index (χ0) is 14.7. The van der Waals surface area contributed by atoms with E-state index in [-0.39, 0.29) is 0 Å². The van der Waals surface area contributed by atoms with Gasteiger partial charge in [0.15, 0.2) is 0 Å². The topological polar surface area (TPSA) is 47.9 Å². The molecule has 0 radical (unpaired) electrons.